The lowest BCUT2D eigenvalue weighted by Gasteiger charge is -2.33. The molecular formula is C22H28N4O2S+2. The first-order valence-electron chi connectivity index (χ1n) is 10.1. The quantitative estimate of drug-likeness (QED) is 0.588. The number of rotatable bonds is 5. The van der Waals surface area contributed by atoms with Gasteiger partial charge in [-0.25, -0.2) is 0 Å². The molecule has 0 aromatic carbocycles. The Morgan fingerprint density at radius 3 is 2.62 bits per heavy atom. The third kappa shape index (κ3) is 4.12. The van der Waals surface area contributed by atoms with Gasteiger partial charge in [0.1, 0.15) is 36.9 Å². The van der Waals surface area contributed by atoms with Gasteiger partial charge in [0.2, 0.25) is 0 Å². The van der Waals surface area contributed by atoms with Gasteiger partial charge in [-0.15, -0.1) is 11.3 Å². The molecule has 0 radical (unpaired) electrons. The normalized spacial score (nSPS) is 20.4. The third-order valence-corrected chi connectivity index (χ3v) is 6.97. The van der Waals surface area contributed by atoms with Gasteiger partial charge >= 0.3 is 0 Å². The highest BCUT2D eigenvalue weighted by Gasteiger charge is 2.36. The predicted molar refractivity (Wildman–Crippen MR) is 114 cm³/mol. The summed E-state index contributed by atoms with van der Waals surface area (Å²) in [5.74, 6) is 0.111. The number of amides is 1. The van der Waals surface area contributed by atoms with Gasteiger partial charge in [-0.1, -0.05) is 6.07 Å². The van der Waals surface area contributed by atoms with Crippen molar-refractivity contribution < 1.29 is 19.0 Å². The molecule has 1 atom stereocenters. The molecule has 3 aromatic heterocycles. The number of anilines is 1. The SMILES string of the molecule is Cc1sc(NC(=O)c2ccco2)c([C@@H](c2ccccn2)[NH+]2CC[NH+](C)CC2)c1C. The monoisotopic (exact) mass is 412 g/mol. The topological polar surface area (TPSA) is 64.0 Å². The summed E-state index contributed by atoms with van der Waals surface area (Å²) >= 11 is 1.63. The highest BCUT2D eigenvalue weighted by Crippen LogP contribution is 2.38. The van der Waals surface area contributed by atoms with E-state index in [1.165, 1.54) is 27.2 Å². The van der Waals surface area contributed by atoms with E-state index >= 15 is 0 Å². The van der Waals surface area contributed by atoms with Gasteiger partial charge in [-0.2, -0.15) is 0 Å². The highest BCUT2D eigenvalue weighted by molar-refractivity contribution is 7.16. The Balaban J connectivity index is 1.75. The molecule has 152 valence electrons. The minimum atomic E-state index is -0.213. The zero-order chi connectivity index (χ0) is 20.4. The second-order valence-electron chi connectivity index (χ2n) is 7.76. The number of carbonyl (C=O) groups is 1. The molecule has 4 rings (SSSR count). The molecule has 7 heteroatoms. The van der Waals surface area contributed by atoms with Gasteiger partial charge < -0.3 is 19.5 Å². The molecule has 1 saturated heterocycles. The number of likely N-dealkylation sites (N-methyl/N-ethyl adjacent to an activating group) is 1. The summed E-state index contributed by atoms with van der Waals surface area (Å²) < 4.78 is 5.29. The second kappa shape index (κ2) is 8.49. The van der Waals surface area contributed by atoms with Gasteiger partial charge in [-0.3, -0.25) is 9.78 Å². The van der Waals surface area contributed by atoms with Crippen LogP contribution in [-0.4, -0.2) is 44.1 Å². The van der Waals surface area contributed by atoms with Crippen LogP contribution in [0.1, 0.15) is 38.3 Å². The lowest BCUT2D eigenvalue weighted by atomic mass is 9.97. The Labute approximate surface area is 175 Å². The number of aromatic nitrogens is 1. The van der Waals surface area contributed by atoms with Crippen molar-refractivity contribution in [2.45, 2.75) is 19.9 Å². The minimum Gasteiger partial charge on any atom is -0.459 e. The molecule has 1 aliphatic rings. The molecule has 0 bridgehead atoms. The fourth-order valence-corrected chi connectivity index (χ4v) is 5.15. The number of carbonyl (C=O) groups excluding carboxylic acids is 1. The summed E-state index contributed by atoms with van der Waals surface area (Å²) in [6.07, 6.45) is 3.38. The summed E-state index contributed by atoms with van der Waals surface area (Å²) in [5.41, 5.74) is 3.47. The minimum absolute atomic E-state index is 0.0983. The molecule has 29 heavy (non-hydrogen) atoms. The lowest BCUT2D eigenvalue weighted by Crippen LogP contribution is -3.27. The van der Waals surface area contributed by atoms with Crippen LogP contribution in [0.3, 0.4) is 0 Å². The number of furan rings is 1. The molecule has 3 N–H and O–H groups in total. The van der Waals surface area contributed by atoms with E-state index in [1.54, 1.807) is 28.4 Å². The zero-order valence-electron chi connectivity index (χ0n) is 17.1. The molecule has 0 aliphatic carbocycles. The average Bonchev–Trinajstić information content (AvgIpc) is 3.35. The number of aryl methyl sites for hydroxylation is 1. The molecule has 3 aromatic rings. The van der Waals surface area contributed by atoms with E-state index in [1.807, 2.05) is 18.3 Å². The smallest absolute Gasteiger partial charge is 0.291 e. The first kappa shape index (κ1) is 19.8. The van der Waals surface area contributed by atoms with Crippen LogP contribution in [0.15, 0.2) is 47.2 Å². The molecule has 4 heterocycles. The van der Waals surface area contributed by atoms with E-state index in [0.29, 0.717) is 5.76 Å². The first-order valence-corrected chi connectivity index (χ1v) is 10.9. The van der Waals surface area contributed by atoms with Crippen LogP contribution >= 0.6 is 11.3 Å². The van der Waals surface area contributed by atoms with Crippen LogP contribution < -0.4 is 15.1 Å². The third-order valence-electron chi connectivity index (χ3n) is 5.83. The fraction of sp³-hybridized carbons (Fsp3) is 0.364. The number of thiophene rings is 1. The maximum atomic E-state index is 12.7. The largest absolute Gasteiger partial charge is 0.459 e. The Morgan fingerprint density at radius 1 is 1.17 bits per heavy atom. The molecule has 1 amide bonds. The zero-order valence-corrected chi connectivity index (χ0v) is 17.9. The lowest BCUT2D eigenvalue weighted by molar-refractivity contribution is -1.02. The van der Waals surface area contributed by atoms with Crippen molar-refractivity contribution in [2.24, 2.45) is 0 Å². The van der Waals surface area contributed by atoms with E-state index in [9.17, 15) is 4.79 Å². The number of pyridine rings is 1. The number of piperazine rings is 1. The number of nitrogens with zero attached hydrogens (tertiary/aromatic N) is 1. The van der Waals surface area contributed by atoms with Gasteiger partial charge in [0.15, 0.2) is 11.8 Å². The predicted octanol–water partition coefficient (Wildman–Crippen LogP) is 1.11. The fourth-order valence-electron chi connectivity index (χ4n) is 4.05. The average molecular weight is 413 g/mol. The first-order chi connectivity index (χ1) is 14.0. The Bertz CT molecular complexity index is 960. The Kier molecular flexibility index (Phi) is 5.80. The van der Waals surface area contributed by atoms with Crippen molar-refractivity contribution in [1.29, 1.82) is 0 Å². The Morgan fingerprint density at radius 2 is 1.97 bits per heavy atom. The second-order valence-corrected chi connectivity index (χ2v) is 8.99. The molecule has 0 spiro atoms. The van der Waals surface area contributed by atoms with Crippen molar-refractivity contribution in [3.63, 3.8) is 0 Å². The van der Waals surface area contributed by atoms with Crippen molar-refractivity contribution in [3.8, 4) is 0 Å². The number of quaternary nitrogens is 2. The van der Waals surface area contributed by atoms with Gasteiger partial charge in [0.05, 0.1) is 18.9 Å². The van der Waals surface area contributed by atoms with Crippen LogP contribution in [0.2, 0.25) is 0 Å². The summed E-state index contributed by atoms with van der Waals surface area (Å²) in [6.45, 7) is 8.69. The highest BCUT2D eigenvalue weighted by atomic mass is 32.1. The van der Waals surface area contributed by atoms with E-state index < -0.39 is 0 Å². The maximum absolute atomic E-state index is 12.7. The summed E-state index contributed by atoms with van der Waals surface area (Å²) in [5, 5.41) is 4.01. The number of hydrogen-bond donors (Lipinski definition) is 3. The standard InChI is InChI=1S/C22H26N4O2S/c1-15-16(2)29-22(24-21(27)18-8-6-14-28-18)19(15)20(17-7-4-5-9-23-17)26-12-10-25(3)11-13-26/h4-9,14,20H,10-13H2,1-3H3,(H,24,27)/p+2/t20-/m1/s1. The number of nitrogens with one attached hydrogen (secondary N) is 3. The van der Waals surface area contributed by atoms with Crippen molar-refractivity contribution in [2.75, 3.05) is 38.5 Å². The summed E-state index contributed by atoms with van der Waals surface area (Å²) in [7, 11) is 2.25. The molecule has 0 unspecified atom stereocenters. The Hall–Kier alpha value is -2.48. The van der Waals surface area contributed by atoms with Crippen LogP contribution in [0.5, 0.6) is 0 Å². The van der Waals surface area contributed by atoms with Gasteiger partial charge in [0, 0.05) is 11.1 Å². The van der Waals surface area contributed by atoms with Crippen molar-refractivity contribution in [3.05, 3.63) is 70.3 Å². The summed E-state index contributed by atoms with van der Waals surface area (Å²) in [4.78, 5) is 21.7. The van der Waals surface area contributed by atoms with E-state index in [2.05, 4.69) is 32.3 Å². The molecule has 6 nitrogen and oxygen atoms in total. The van der Waals surface area contributed by atoms with Crippen LogP contribution in [0.25, 0.3) is 0 Å². The van der Waals surface area contributed by atoms with Crippen LogP contribution in [0.4, 0.5) is 5.00 Å². The van der Waals surface area contributed by atoms with Gasteiger partial charge in [0.25, 0.3) is 5.91 Å². The van der Waals surface area contributed by atoms with Crippen molar-refractivity contribution in [1.82, 2.24) is 4.98 Å². The van der Waals surface area contributed by atoms with Crippen molar-refractivity contribution >= 4 is 22.2 Å². The molecule has 1 aliphatic heterocycles. The van der Waals surface area contributed by atoms with Crippen LogP contribution in [-0.2, 0) is 0 Å². The van der Waals surface area contributed by atoms with Gasteiger partial charge in [-0.05, 0) is 43.7 Å². The van der Waals surface area contributed by atoms with Crippen LogP contribution in [0, 0.1) is 13.8 Å². The van der Waals surface area contributed by atoms with E-state index in [0.717, 1.165) is 36.9 Å². The summed E-state index contributed by atoms with van der Waals surface area (Å²) in [6, 6.07) is 9.62. The molecular weight excluding hydrogens is 384 g/mol. The van der Waals surface area contributed by atoms with E-state index in [4.69, 9.17) is 9.40 Å². The molecule has 0 saturated carbocycles. The maximum Gasteiger partial charge on any atom is 0.291 e. The molecule has 1 fully saturated rings. The number of hydrogen-bond acceptors (Lipinski definition) is 4. The van der Waals surface area contributed by atoms with E-state index in [-0.39, 0.29) is 11.9 Å².